The molecule has 1 aromatic rings. The molecule has 1 rings (SSSR count). The molecule has 0 bridgehead atoms. The molecule has 0 N–H and O–H groups in total. The van der Waals surface area contributed by atoms with Gasteiger partial charge in [0.25, 0.3) is 0 Å². The van der Waals surface area contributed by atoms with Gasteiger partial charge in [-0.1, -0.05) is 24.0 Å². The van der Waals surface area contributed by atoms with Crippen LogP contribution < -0.4 is 4.74 Å². The van der Waals surface area contributed by atoms with Crippen molar-refractivity contribution >= 4 is 7.85 Å². The van der Waals surface area contributed by atoms with Crippen LogP contribution in [0.15, 0.2) is 12.1 Å². The third-order valence-electron chi connectivity index (χ3n) is 2.13. The fourth-order valence-electron chi connectivity index (χ4n) is 1.57. The maximum atomic E-state index is 5.28. The van der Waals surface area contributed by atoms with Crippen molar-refractivity contribution in [3.63, 3.8) is 0 Å². The van der Waals surface area contributed by atoms with Gasteiger partial charge in [0.15, 0.2) is 0 Å². The standard InChI is InChI=1S/C10H15BO/c1-7-4-9(6-11)5-8(2)10(7)12-3/h4-5H,6,11H2,1-3H3. The van der Waals surface area contributed by atoms with Crippen molar-refractivity contribution in [3.8, 4) is 5.75 Å². The lowest BCUT2D eigenvalue weighted by molar-refractivity contribution is 0.408. The molecule has 0 aliphatic heterocycles. The molecule has 0 radical (unpaired) electrons. The van der Waals surface area contributed by atoms with E-state index in [1.54, 1.807) is 7.11 Å². The Morgan fingerprint density at radius 2 is 1.75 bits per heavy atom. The Balaban J connectivity index is 3.18. The van der Waals surface area contributed by atoms with Crippen LogP contribution in [0.4, 0.5) is 0 Å². The second-order valence-electron chi connectivity index (χ2n) is 3.12. The van der Waals surface area contributed by atoms with Crippen molar-refractivity contribution < 1.29 is 4.74 Å². The summed E-state index contributed by atoms with van der Waals surface area (Å²) in [5.74, 6) is 1.02. The fraction of sp³-hybridized carbons (Fsp3) is 0.400. The first kappa shape index (κ1) is 9.18. The molecule has 0 fully saturated rings. The smallest absolute Gasteiger partial charge is 0.124 e. The van der Waals surface area contributed by atoms with Gasteiger partial charge in [0.2, 0.25) is 0 Å². The number of ether oxygens (including phenoxy) is 1. The number of benzene rings is 1. The summed E-state index contributed by atoms with van der Waals surface area (Å²) >= 11 is 0. The van der Waals surface area contributed by atoms with E-state index in [-0.39, 0.29) is 0 Å². The highest BCUT2D eigenvalue weighted by Crippen LogP contribution is 2.23. The Labute approximate surface area is 75.2 Å². The summed E-state index contributed by atoms with van der Waals surface area (Å²) in [6, 6.07) is 4.37. The number of aryl methyl sites for hydroxylation is 2. The Morgan fingerprint density at radius 1 is 1.25 bits per heavy atom. The van der Waals surface area contributed by atoms with E-state index in [0.717, 1.165) is 12.1 Å². The third kappa shape index (κ3) is 1.63. The van der Waals surface area contributed by atoms with Crippen LogP contribution in [0.1, 0.15) is 16.7 Å². The van der Waals surface area contributed by atoms with E-state index in [1.807, 2.05) is 0 Å². The average Bonchev–Trinajstić information content (AvgIpc) is 2.03. The van der Waals surface area contributed by atoms with E-state index in [9.17, 15) is 0 Å². The maximum absolute atomic E-state index is 5.28. The van der Waals surface area contributed by atoms with Crippen molar-refractivity contribution in [1.82, 2.24) is 0 Å². The van der Waals surface area contributed by atoms with Crippen LogP contribution >= 0.6 is 0 Å². The molecule has 0 spiro atoms. The van der Waals surface area contributed by atoms with Gasteiger partial charge in [0, 0.05) is 0 Å². The lowest BCUT2D eigenvalue weighted by Gasteiger charge is -2.09. The number of methoxy groups -OCH3 is 1. The molecule has 0 aliphatic rings. The van der Waals surface area contributed by atoms with Crippen LogP contribution in [0.2, 0.25) is 0 Å². The average molecular weight is 162 g/mol. The van der Waals surface area contributed by atoms with Gasteiger partial charge in [0.05, 0.1) is 7.11 Å². The molecule has 2 heteroatoms. The molecule has 1 nitrogen and oxygen atoms in total. The van der Waals surface area contributed by atoms with E-state index < -0.39 is 0 Å². The van der Waals surface area contributed by atoms with Crippen LogP contribution in [-0.2, 0) is 6.32 Å². The minimum atomic E-state index is 1.02. The SMILES string of the molecule is BCc1cc(C)c(OC)c(C)c1. The van der Waals surface area contributed by atoms with Gasteiger partial charge < -0.3 is 4.74 Å². The van der Waals surface area contributed by atoms with Crippen LogP contribution in [0.3, 0.4) is 0 Å². The Morgan fingerprint density at radius 3 is 2.08 bits per heavy atom. The molecular formula is C10H15BO. The zero-order valence-electron chi connectivity index (χ0n) is 8.27. The highest BCUT2D eigenvalue weighted by atomic mass is 16.5. The summed E-state index contributed by atoms with van der Waals surface area (Å²) in [4.78, 5) is 0. The fourth-order valence-corrected chi connectivity index (χ4v) is 1.57. The van der Waals surface area contributed by atoms with Gasteiger partial charge in [-0.25, -0.2) is 0 Å². The van der Waals surface area contributed by atoms with Crippen molar-refractivity contribution in [3.05, 3.63) is 28.8 Å². The second kappa shape index (κ2) is 3.66. The molecule has 64 valence electrons. The molecule has 0 saturated carbocycles. The van der Waals surface area contributed by atoms with Gasteiger partial charge in [0.1, 0.15) is 13.6 Å². The van der Waals surface area contributed by atoms with Crippen LogP contribution in [0.25, 0.3) is 0 Å². The quantitative estimate of drug-likeness (QED) is 0.598. The van der Waals surface area contributed by atoms with E-state index in [1.165, 1.54) is 16.7 Å². The van der Waals surface area contributed by atoms with Gasteiger partial charge >= 0.3 is 0 Å². The maximum Gasteiger partial charge on any atom is 0.124 e. The first-order valence-electron chi connectivity index (χ1n) is 4.33. The molecule has 0 heterocycles. The van der Waals surface area contributed by atoms with Gasteiger partial charge in [-0.15, -0.1) is 0 Å². The summed E-state index contributed by atoms with van der Waals surface area (Å²) in [6.45, 7) is 4.18. The summed E-state index contributed by atoms with van der Waals surface area (Å²) in [6.07, 6.45) is 1.09. The Kier molecular flexibility index (Phi) is 2.80. The second-order valence-corrected chi connectivity index (χ2v) is 3.12. The van der Waals surface area contributed by atoms with Crippen molar-refractivity contribution in [2.45, 2.75) is 20.2 Å². The van der Waals surface area contributed by atoms with E-state index in [0.29, 0.717) is 0 Å². The molecule has 0 unspecified atom stereocenters. The minimum absolute atomic E-state index is 1.02. The Bertz CT molecular complexity index is 258. The van der Waals surface area contributed by atoms with E-state index in [4.69, 9.17) is 4.74 Å². The highest BCUT2D eigenvalue weighted by Gasteiger charge is 2.03. The van der Waals surface area contributed by atoms with Crippen molar-refractivity contribution in [1.29, 1.82) is 0 Å². The topological polar surface area (TPSA) is 9.23 Å². The minimum Gasteiger partial charge on any atom is -0.496 e. The monoisotopic (exact) mass is 162 g/mol. The predicted octanol–water partition coefficient (Wildman–Crippen LogP) is 1.45. The lowest BCUT2D eigenvalue weighted by atomic mass is 9.94. The summed E-state index contributed by atoms with van der Waals surface area (Å²) in [7, 11) is 3.89. The molecule has 0 aromatic heterocycles. The van der Waals surface area contributed by atoms with Crippen LogP contribution in [0, 0.1) is 13.8 Å². The molecule has 0 amide bonds. The first-order chi connectivity index (χ1) is 5.69. The molecule has 1 aromatic carbocycles. The van der Waals surface area contributed by atoms with Gasteiger partial charge in [-0.2, -0.15) is 0 Å². The zero-order valence-corrected chi connectivity index (χ0v) is 8.27. The summed E-state index contributed by atoms with van der Waals surface area (Å²) in [5, 5.41) is 0. The number of hydrogen-bond donors (Lipinski definition) is 0. The largest absolute Gasteiger partial charge is 0.496 e. The van der Waals surface area contributed by atoms with Crippen LogP contribution in [0.5, 0.6) is 5.75 Å². The van der Waals surface area contributed by atoms with E-state index >= 15 is 0 Å². The molecule has 0 saturated heterocycles. The Hall–Kier alpha value is -0.915. The lowest BCUT2D eigenvalue weighted by Crippen LogP contribution is -1.94. The molecule has 0 atom stereocenters. The van der Waals surface area contributed by atoms with Gasteiger partial charge in [-0.3, -0.25) is 0 Å². The third-order valence-corrected chi connectivity index (χ3v) is 2.13. The zero-order chi connectivity index (χ0) is 9.14. The number of hydrogen-bond acceptors (Lipinski definition) is 1. The normalized spacial score (nSPS) is 9.92. The summed E-state index contributed by atoms with van der Waals surface area (Å²) in [5.41, 5.74) is 3.84. The predicted molar refractivity (Wildman–Crippen MR) is 54.7 cm³/mol. The van der Waals surface area contributed by atoms with Gasteiger partial charge in [-0.05, 0) is 25.0 Å². The van der Waals surface area contributed by atoms with E-state index in [2.05, 4.69) is 33.8 Å². The van der Waals surface area contributed by atoms with Crippen molar-refractivity contribution in [2.75, 3.05) is 7.11 Å². The molecular weight excluding hydrogens is 147 g/mol. The molecule has 0 aliphatic carbocycles. The first-order valence-corrected chi connectivity index (χ1v) is 4.33. The number of rotatable bonds is 2. The summed E-state index contributed by atoms with van der Waals surface area (Å²) < 4.78 is 5.28. The molecule has 12 heavy (non-hydrogen) atoms. The van der Waals surface area contributed by atoms with Crippen molar-refractivity contribution in [2.24, 2.45) is 0 Å². The van der Waals surface area contributed by atoms with Crippen LogP contribution in [-0.4, -0.2) is 15.0 Å². The highest BCUT2D eigenvalue weighted by molar-refractivity contribution is 6.08.